The van der Waals surface area contributed by atoms with Crippen molar-refractivity contribution in [2.24, 2.45) is 0 Å². The summed E-state index contributed by atoms with van der Waals surface area (Å²) in [6, 6.07) is 3.99. The van der Waals surface area contributed by atoms with Crippen molar-refractivity contribution in [3.63, 3.8) is 0 Å². The quantitative estimate of drug-likeness (QED) is 0.511. The molecule has 2 aromatic rings. The van der Waals surface area contributed by atoms with E-state index < -0.39 is 40.4 Å². The van der Waals surface area contributed by atoms with Gasteiger partial charge in [0, 0.05) is 21.1 Å². The predicted molar refractivity (Wildman–Crippen MR) is 93.0 cm³/mol. The van der Waals surface area contributed by atoms with E-state index in [0.717, 1.165) is 12.1 Å². The Morgan fingerprint density at radius 1 is 0.786 bits per heavy atom. The van der Waals surface area contributed by atoms with Gasteiger partial charge in [0.2, 0.25) is 5.41 Å². The maximum Gasteiger partial charge on any atom is 0.411 e. The number of halogens is 6. The van der Waals surface area contributed by atoms with Crippen LogP contribution in [-0.2, 0) is 5.41 Å². The summed E-state index contributed by atoms with van der Waals surface area (Å²) in [5, 5.41) is 21.9. The largest absolute Gasteiger partial charge is 0.506 e. The first-order chi connectivity index (χ1) is 12.8. The molecule has 0 fully saturated rings. The molecule has 0 aliphatic heterocycles. The van der Waals surface area contributed by atoms with Crippen molar-refractivity contribution in [2.45, 2.75) is 17.8 Å². The number of nitrogens with one attached hydrogen (secondary N) is 1. The normalized spacial score (nSPS) is 12.8. The molecule has 0 radical (unpaired) electrons. The van der Waals surface area contributed by atoms with Gasteiger partial charge in [-0.15, -0.1) is 0 Å². The van der Waals surface area contributed by atoms with E-state index >= 15 is 0 Å². The highest BCUT2D eigenvalue weighted by molar-refractivity contribution is 5.64. The van der Waals surface area contributed by atoms with Crippen LogP contribution in [0.5, 0.6) is 11.5 Å². The molecule has 0 bridgehead atoms. The molecular weight excluding hydrogens is 390 g/mol. The molecular formula is C18H18F6N2O2. The number of hydrogen-bond acceptors (Lipinski definition) is 4. The third-order valence-corrected chi connectivity index (χ3v) is 4.44. The smallest absolute Gasteiger partial charge is 0.411 e. The third-order valence-electron chi connectivity index (χ3n) is 4.44. The van der Waals surface area contributed by atoms with Gasteiger partial charge in [0.1, 0.15) is 11.5 Å². The van der Waals surface area contributed by atoms with Gasteiger partial charge in [-0.1, -0.05) is 12.1 Å². The molecule has 0 aromatic heterocycles. The van der Waals surface area contributed by atoms with E-state index in [0.29, 0.717) is 24.3 Å². The van der Waals surface area contributed by atoms with Gasteiger partial charge in [-0.2, -0.15) is 26.3 Å². The van der Waals surface area contributed by atoms with Gasteiger partial charge in [-0.3, -0.25) is 0 Å². The summed E-state index contributed by atoms with van der Waals surface area (Å²) in [4.78, 5) is 1.20. The lowest BCUT2D eigenvalue weighted by Gasteiger charge is -2.39. The molecule has 0 saturated heterocycles. The molecule has 2 aromatic carbocycles. The van der Waals surface area contributed by atoms with Crippen LogP contribution in [0.2, 0.25) is 0 Å². The molecule has 0 saturated carbocycles. The highest BCUT2D eigenvalue weighted by Gasteiger charge is 2.72. The Kier molecular flexibility index (Phi) is 5.37. The van der Waals surface area contributed by atoms with E-state index in [9.17, 15) is 36.6 Å². The number of anilines is 2. The van der Waals surface area contributed by atoms with Crippen molar-refractivity contribution >= 4 is 11.4 Å². The Bertz CT molecular complexity index is 848. The standard InChI is InChI=1S/C18H18F6N2O2/c1-25-12-8-10(4-6-14(12)27)16(17(19,20)21,18(22,23)24)11-5-7-15(28)13(9-11)26(2)3/h4-9,25,27-28H,1-3H3. The van der Waals surface area contributed by atoms with Crippen LogP contribution in [0.25, 0.3) is 0 Å². The van der Waals surface area contributed by atoms with Crippen LogP contribution in [0.4, 0.5) is 37.7 Å². The molecule has 0 spiro atoms. The van der Waals surface area contributed by atoms with Crippen LogP contribution >= 0.6 is 0 Å². The fourth-order valence-corrected chi connectivity index (χ4v) is 3.07. The minimum atomic E-state index is -5.77. The van der Waals surface area contributed by atoms with E-state index in [4.69, 9.17) is 0 Å². The second kappa shape index (κ2) is 6.99. The van der Waals surface area contributed by atoms with Crippen molar-refractivity contribution in [3.05, 3.63) is 47.5 Å². The first-order valence-corrected chi connectivity index (χ1v) is 7.93. The van der Waals surface area contributed by atoms with E-state index in [2.05, 4.69) is 5.32 Å². The van der Waals surface area contributed by atoms with E-state index in [1.165, 1.54) is 26.0 Å². The lowest BCUT2D eigenvalue weighted by atomic mass is 9.72. The number of phenolic OH excluding ortho intramolecular Hbond substituents is 2. The zero-order valence-electron chi connectivity index (χ0n) is 15.1. The summed E-state index contributed by atoms with van der Waals surface area (Å²) in [6.45, 7) is 0. The first kappa shape index (κ1) is 21.5. The Labute approximate surface area is 157 Å². The average molecular weight is 408 g/mol. The van der Waals surface area contributed by atoms with Crippen LogP contribution in [0.15, 0.2) is 36.4 Å². The topological polar surface area (TPSA) is 55.7 Å². The van der Waals surface area contributed by atoms with Crippen molar-refractivity contribution in [1.82, 2.24) is 0 Å². The molecule has 0 atom stereocenters. The summed E-state index contributed by atoms with van der Waals surface area (Å²) in [5.41, 5.74) is -7.10. The van der Waals surface area contributed by atoms with E-state index in [1.807, 2.05) is 0 Å². The molecule has 0 heterocycles. The highest BCUT2D eigenvalue weighted by Crippen LogP contribution is 2.57. The average Bonchev–Trinajstić information content (AvgIpc) is 2.55. The molecule has 28 heavy (non-hydrogen) atoms. The molecule has 2 rings (SSSR count). The number of rotatable bonds is 4. The van der Waals surface area contributed by atoms with Gasteiger partial charge in [0.25, 0.3) is 0 Å². The van der Waals surface area contributed by atoms with Gasteiger partial charge in [-0.25, -0.2) is 0 Å². The molecule has 10 heteroatoms. The molecule has 0 amide bonds. The third kappa shape index (κ3) is 3.27. The van der Waals surface area contributed by atoms with Crippen molar-refractivity contribution in [2.75, 3.05) is 31.4 Å². The Morgan fingerprint density at radius 2 is 1.25 bits per heavy atom. The van der Waals surface area contributed by atoms with Gasteiger partial charge in [0.05, 0.1) is 11.4 Å². The van der Waals surface area contributed by atoms with Crippen LogP contribution in [0.3, 0.4) is 0 Å². The molecule has 4 nitrogen and oxygen atoms in total. The van der Waals surface area contributed by atoms with Crippen LogP contribution in [0.1, 0.15) is 11.1 Å². The number of alkyl halides is 6. The van der Waals surface area contributed by atoms with Crippen LogP contribution < -0.4 is 10.2 Å². The second-order valence-electron chi connectivity index (χ2n) is 6.33. The lowest BCUT2D eigenvalue weighted by Crippen LogP contribution is -2.54. The fraction of sp³-hybridized carbons (Fsp3) is 0.333. The Hall–Kier alpha value is -2.78. The van der Waals surface area contributed by atoms with Crippen molar-refractivity contribution < 1.29 is 36.6 Å². The Morgan fingerprint density at radius 3 is 1.68 bits per heavy atom. The summed E-state index contributed by atoms with van der Waals surface area (Å²) in [6.07, 6.45) is -11.5. The predicted octanol–water partition coefficient (Wildman–Crippen LogP) is 4.62. The lowest BCUT2D eigenvalue weighted by molar-refractivity contribution is -0.288. The van der Waals surface area contributed by atoms with Gasteiger partial charge in [0.15, 0.2) is 0 Å². The first-order valence-electron chi connectivity index (χ1n) is 7.93. The van der Waals surface area contributed by atoms with Crippen molar-refractivity contribution in [1.29, 1.82) is 0 Å². The van der Waals surface area contributed by atoms with Gasteiger partial charge >= 0.3 is 12.4 Å². The zero-order chi connectivity index (χ0) is 21.5. The minimum Gasteiger partial charge on any atom is -0.506 e. The minimum absolute atomic E-state index is 0.206. The highest BCUT2D eigenvalue weighted by atomic mass is 19.4. The van der Waals surface area contributed by atoms with E-state index in [-0.39, 0.29) is 11.4 Å². The summed E-state index contributed by atoms with van der Waals surface area (Å²) >= 11 is 0. The van der Waals surface area contributed by atoms with Crippen molar-refractivity contribution in [3.8, 4) is 11.5 Å². The monoisotopic (exact) mass is 408 g/mol. The number of aromatic hydroxyl groups is 2. The summed E-state index contributed by atoms with van der Waals surface area (Å²) in [5.74, 6) is -0.960. The summed E-state index contributed by atoms with van der Waals surface area (Å²) in [7, 11) is 4.01. The molecule has 0 aliphatic carbocycles. The number of phenols is 2. The maximum absolute atomic E-state index is 14.1. The molecule has 3 N–H and O–H groups in total. The summed E-state index contributed by atoms with van der Waals surface area (Å²) < 4.78 is 84.8. The van der Waals surface area contributed by atoms with E-state index in [1.54, 1.807) is 0 Å². The molecule has 154 valence electrons. The Balaban J connectivity index is 2.98. The fourth-order valence-electron chi connectivity index (χ4n) is 3.07. The maximum atomic E-state index is 14.1. The number of hydrogen-bond donors (Lipinski definition) is 3. The number of benzene rings is 2. The molecule has 0 aliphatic rings. The number of nitrogens with zero attached hydrogens (tertiary/aromatic N) is 1. The van der Waals surface area contributed by atoms with Gasteiger partial charge < -0.3 is 20.4 Å². The van der Waals surface area contributed by atoms with Gasteiger partial charge in [-0.05, 0) is 35.4 Å². The zero-order valence-corrected chi connectivity index (χ0v) is 15.1. The SMILES string of the molecule is CNc1cc(C(c2ccc(O)c(N(C)C)c2)(C(F)(F)F)C(F)(F)F)ccc1O. The second-order valence-corrected chi connectivity index (χ2v) is 6.33. The molecule has 0 unspecified atom stereocenters. The van der Waals surface area contributed by atoms with Crippen LogP contribution in [0, 0.1) is 0 Å². The van der Waals surface area contributed by atoms with Crippen LogP contribution in [-0.4, -0.2) is 43.7 Å².